The highest BCUT2D eigenvalue weighted by Gasteiger charge is 2.31. The van der Waals surface area contributed by atoms with Gasteiger partial charge in [0.1, 0.15) is 6.04 Å². The summed E-state index contributed by atoms with van der Waals surface area (Å²) < 4.78 is 17.1. The molecule has 0 heterocycles. The number of methoxy groups -OCH3 is 3. The van der Waals surface area contributed by atoms with Gasteiger partial charge >= 0.3 is 0 Å². The summed E-state index contributed by atoms with van der Waals surface area (Å²) >= 11 is 0. The molecule has 2 aromatic rings. The van der Waals surface area contributed by atoms with E-state index in [1.54, 1.807) is 33.5 Å². The van der Waals surface area contributed by atoms with E-state index in [1.165, 1.54) is 6.92 Å². The Morgan fingerprint density at radius 1 is 0.976 bits per heavy atom. The van der Waals surface area contributed by atoms with Crippen molar-refractivity contribution in [2.45, 2.75) is 83.8 Å². The summed E-state index contributed by atoms with van der Waals surface area (Å²) in [4.78, 5) is 39.4. The van der Waals surface area contributed by atoms with Crippen LogP contribution in [-0.4, -0.2) is 45.2 Å². The minimum absolute atomic E-state index is 0.00353. The van der Waals surface area contributed by atoms with E-state index in [9.17, 15) is 14.4 Å². The molecule has 1 fully saturated rings. The second-order valence-electron chi connectivity index (χ2n) is 11.1. The maximum atomic E-state index is 13.8. The highest BCUT2D eigenvalue weighted by atomic mass is 16.5. The number of rotatable bonds is 10. The molecule has 222 valence electrons. The van der Waals surface area contributed by atoms with Gasteiger partial charge in [0, 0.05) is 18.5 Å². The molecule has 0 spiro atoms. The summed E-state index contributed by atoms with van der Waals surface area (Å²) in [6.45, 7) is 5.52. The fourth-order valence-corrected chi connectivity index (χ4v) is 6.06. The highest BCUT2D eigenvalue weighted by Crippen LogP contribution is 2.50. The summed E-state index contributed by atoms with van der Waals surface area (Å²) in [5, 5.41) is 9.51. The van der Waals surface area contributed by atoms with Crippen molar-refractivity contribution >= 4 is 17.5 Å². The average Bonchev–Trinajstić information content (AvgIpc) is 3.36. The predicted molar refractivity (Wildman–Crippen MR) is 160 cm³/mol. The number of nitrogens with one attached hydrogen (secondary N) is 3. The van der Waals surface area contributed by atoms with Crippen LogP contribution in [0.3, 0.4) is 0 Å². The molecular weight excluding hydrogens is 522 g/mol. The largest absolute Gasteiger partial charge is 0.493 e. The van der Waals surface area contributed by atoms with Crippen LogP contribution in [0.5, 0.6) is 17.2 Å². The number of anilines is 1. The Hall–Kier alpha value is -3.75. The molecule has 0 saturated heterocycles. The molecule has 2 aliphatic carbocycles. The lowest BCUT2D eigenvalue weighted by atomic mass is 9.95. The molecule has 2 aromatic carbocycles. The van der Waals surface area contributed by atoms with Crippen molar-refractivity contribution in [1.29, 1.82) is 0 Å². The molecule has 9 heteroatoms. The van der Waals surface area contributed by atoms with Crippen molar-refractivity contribution in [2.24, 2.45) is 5.92 Å². The van der Waals surface area contributed by atoms with Gasteiger partial charge in [-0.05, 0) is 66.5 Å². The van der Waals surface area contributed by atoms with Gasteiger partial charge in [0.05, 0.1) is 33.1 Å². The van der Waals surface area contributed by atoms with E-state index in [0.717, 1.165) is 48.8 Å². The summed E-state index contributed by atoms with van der Waals surface area (Å²) in [7, 11) is 4.70. The number of amides is 2. The summed E-state index contributed by atoms with van der Waals surface area (Å²) in [5.41, 5.74) is 3.23. The monoisotopic (exact) mass is 565 g/mol. The lowest BCUT2D eigenvalue weighted by Gasteiger charge is -2.25. The van der Waals surface area contributed by atoms with Crippen LogP contribution in [0.2, 0.25) is 0 Å². The Bertz CT molecular complexity index is 1340. The quantitative estimate of drug-likeness (QED) is 0.381. The molecule has 0 aliphatic heterocycles. The zero-order valence-corrected chi connectivity index (χ0v) is 25.0. The molecule has 0 bridgehead atoms. The van der Waals surface area contributed by atoms with Gasteiger partial charge in [0.2, 0.25) is 23.0 Å². The Balaban J connectivity index is 1.86. The third-order valence-corrected chi connectivity index (χ3v) is 8.42. The Morgan fingerprint density at radius 2 is 1.68 bits per heavy atom. The molecule has 3 atom stereocenters. The van der Waals surface area contributed by atoms with Crippen molar-refractivity contribution < 1.29 is 23.8 Å². The standard InChI is InChI=1S/C32H43N3O6/c1-7-18(2)29(32(38)34-21-10-8-9-11-21)35-25-15-13-22-23(17-26(25)37)24(33-19(3)36)14-12-20-16-27(39-4)30(40-5)31(41-6)28(20)22/h13,15-18,21,24,29H,7-12,14H2,1-6H3,(H,33,36)(H,34,38)(H,35,37). The Kier molecular flexibility index (Phi) is 9.78. The molecule has 4 rings (SSSR count). The fourth-order valence-electron chi connectivity index (χ4n) is 6.06. The van der Waals surface area contributed by atoms with E-state index in [1.807, 2.05) is 26.0 Å². The molecule has 41 heavy (non-hydrogen) atoms. The van der Waals surface area contributed by atoms with Crippen molar-refractivity contribution in [1.82, 2.24) is 10.6 Å². The highest BCUT2D eigenvalue weighted by molar-refractivity contribution is 5.86. The third-order valence-electron chi connectivity index (χ3n) is 8.42. The minimum atomic E-state index is -0.562. The fraction of sp³-hybridized carbons (Fsp3) is 0.531. The Morgan fingerprint density at radius 3 is 2.29 bits per heavy atom. The molecule has 2 amide bonds. The van der Waals surface area contributed by atoms with Crippen LogP contribution >= 0.6 is 0 Å². The van der Waals surface area contributed by atoms with Crippen LogP contribution in [0.15, 0.2) is 29.1 Å². The zero-order chi connectivity index (χ0) is 29.7. The van der Waals surface area contributed by atoms with E-state index in [-0.39, 0.29) is 29.2 Å². The molecule has 3 unspecified atom stereocenters. The van der Waals surface area contributed by atoms with Gasteiger partial charge in [0.15, 0.2) is 11.5 Å². The summed E-state index contributed by atoms with van der Waals surface area (Å²) in [6.07, 6.45) is 6.17. The Labute approximate surface area is 242 Å². The SMILES string of the molecule is CCC(C)C(Nc1ccc2c(cc1=O)C(NC(C)=O)CCc1cc(OC)c(OC)c(OC)c1-2)C(=O)NC1CCCC1. The number of carbonyl (C=O) groups excluding carboxylic acids is 2. The second kappa shape index (κ2) is 13.3. The van der Waals surface area contributed by atoms with Crippen molar-refractivity contribution in [3.05, 3.63) is 45.6 Å². The van der Waals surface area contributed by atoms with Gasteiger partial charge in [-0.3, -0.25) is 14.4 Å². The summed E-state index contributed by atoms with van der Waals surface area (Å²) in [6, 6.07) is 6.32. The number of aryl methyl sites for hydroxylation is 1. The van der Waals surface area contributed by atoms with E-state index >= 15 is 0 Å². The second-order valence-corrected chi connectivity index (χ2v) is 11.1. The smallest absolute Gasteiger partial charge is 0.242 e. The van der Waals surface area contributed by atoms with Gasteiger partial charge in [0.25, 0.3) is 0 Å². The van der Waals surface area contributed by atoms with E-state index in [2.05, 4.69) is 16.0 Å². The van der Waals surface area contributed by atoms with Crippen molar-refractivity contribution in [3.63, 3.8) is 0 Å². The van der Waals surface area contributed by atoms with Crippen LogP contribution in [0.4, 0.5) is 5.69 Å². The first-order chi connectivity index (χ1) is 19.7. The van der Waals surface area contributed by atoms with Crippen molar-refractivity contribution in [3.8, 4) is 28.4 Å². The molecule has 9 nitrogen and oxygen atoms in total. The van der Waals surface area contributed by atoms with Gasteiger partial charge in [-0.15, -0.1) is 0 Å². The van der Waals surface area contributed by atoms with Crippen LogP contribution in [-0.2, 0) is 16.0 Å². The first kappa shape index (κ1) is 30.2. The van der Waals surface area contributed by atoms with E-state index in [4.69, 9.17) is 14.2 Å². The zero-order valence-electron chi connectivity index (χ0n) is 25.0. The number of benzene rings is 1. The molecule has 1 saturated carbocycles. The first-order valence-electron chi connectivity index (χ1n) is 14.6. The van der Waals surface area contributed by atoms with Crippen LogP contribution in [0, 0.1) is 5.92 Å². The maximum Gasteiger partial charge on any atom is 0.242 e. The number of carbonyl (C=O) groups is 2. The molecule has 0 aromatic heterocycles. The molecule has 2 aliphatic rings. The van der Waals surface area contributed by atoms with E-state index < -0.39 is 12.1 Å². The number of hydrogen-bond acceptors (Lipinski definition) is 7. The minimum Gasteiger partial charge on any atom is -0.493 e. The van der Waals surface area contributed by atoms with Gasteiger partial charge in [-0.25, -0.2) is 0 Å². The number of fused-ring (bicyclic) bond motifs is 3. The molecular formula is C32H43N3O6. The average molecular weight is 566 g/mol. The third kappa shape index (κ3) is 6.44. The van der Waals surface area contributed by atoms with Crippen LogP contribution < -0.4 is 35.6 Å². The lowest BCUT2D eigenvalue weighted by molar-refractivity contribution is -0.123. The molecule has 0 radical (unpaired) electrons. The van der Waals surface area contributed by atoms with Crippen LogP contribution in [0.25, 0.3) is 11.1 Å². The van der Waals surface area contributed by atoms with Crippen LogP contribution in [0.1, 0.15) is 76.5 Å². The van der Waals surface area contributed by atoms with Gasteiger partial charge in [-0.1, -0.05) is 39.2 Å². The van der Waals surface area contributed by atoms with Gasteiger partial charge in [-0.2, -0.15) is 0 Å². The van der Waals surface area contributed by atoms with Gasteiger partial charge < -0.3 is 30.2 Å². The topological polar surface area (TPSA) is 115 Å². The molecule has 3 N–H and O–H groups in total. The van der Waals surface area contributed by atoms with E-state index in [0.29, 0.717) is 41.3 Å². The maximum absolute atomic E-state index is 13.8. The first-order valence-corrected chi connectivity index (χ1v) is 14.6. The predicted octanol–water partition coefficient (Wildman–Crippen LogP) is 4.75. The number of hydrogen-bond donors (Lipinski definition) is 3. The number of ether oxygens (including phenoxy) is 3. The summed E-state index contributed by atoms with van der Waals surface area (Å²) in [5.74, 6) is 1.21. The lowest BCUT2D eigenvalue weighted by Crippen LogP contribution is -2.47. The normalized spacial score (nSPS) is 17.8. The van der Waals surface area contributed by atoms with Crippen molar-refractivity contribution in [2.75, 3.05) is 26.6 Å².